The largest absolute Gasteiger partial charge is 0.333 e. The summed E-state index contributed by atoms with van der Waals surface area (Å²) in [5.74, 6) is 0.782. The van der Waals surface area contributed by atoms with Crippen molar-refractivity contribution in [2.45, 2.75) is 24.8 Å². The van der Waals surface area contributed by atoms with Crippen molar-refractivity contribution in [3.05, 3.63) is 35.9 Å². The average molecular weight is 326 g/mol. The lowest BCUT2D eigenvalue weighted by Crippen LogP contribution is -2.44. The molecule has 7 heteroatoms. The fraction of sp³-hybridized carbons (Fsp3) is 0.286. The van der Waals surface area contributed by atoms with Gasteiger partial charge in [-0.2, -0.15) is 4.98 Å². The molecule has 1 aromatic carbocycles. The van der Waals surface area contributed by atoms with Gasteiger partial charge in [0.25, 0.3) is 5.89 Å². The molecule has 21 heavy (non-hydrogen) atoms. The second-order valence-electron chi connectivity index (χ2n) is 5.23. The van der Waals surface area contributed by atoms with Crippen LogP contribution in [0.3, 0.4) is 0 Å². The second-order valence-corrected chi connectivity index (χ2v) is 6.31. The molecule has 0 spiro atoms. The molecule has 110 valence electrons. The molecule has 1 aliphatic rings. The van der Waals surface area contributed by atoms with Crippen LogP contribution in [0.25, 0.3) is 20.9 Å². The number of fused-ring (bicyclic) bond motifs is 1. The van der Waals surface area contributed by atoms with Gasteiger partial charge >= 0.3 is 0 Å². The van der Waals surface area contributed by atoms with Crippen LogP contribution in [0.2, 0.25) is 0 Å². The Morgan fingerprint density at radius 2 is 2.10 bits per heavy atom. The van der Waals surface area contributed by atoms with E-state index in [1.54, 1.807) is 6.07 Å². The molecule has 0 radical (unpaired) electrons. The fourth-order valence-corrected chi connectivity index (χ4v) is 3.39. The number of hydrogen-bond acceptors (Lipinski definition) is 5. The third kappa shape index (κ3) is 2.33. The standard InChI is InChI=1S/C14H12FN3OS.ClH/c15-9-2-3-10-8(6-9)7-11(20-10)12-17-13(18-19-12)14(16)4-1-5-14;/h2-3,6-7H,1,4-5,16H2;1H. The molecule has 0 amide bonds. The minimum absolute atomic E-state index is 0. The summed E-state index contributed by atoms with van der Waals surface area (Å²) in [5, 5.41) is 4.84. The molecule has 1 aliphatic carbocycles. The van der Waals surface area contributed by atoms with E-state index in [4.69, 9.17) is 10.3 Å². The van der Waals surface area contributed by atoms with E-state index in [0.29, 0.717) is 11.7 Å². The molecule has 3 aromatic rings. The molecule has 1 saturated carbocycles. The maximum absolute atomic E-state index is 13.2. The van der Waals surface area contributed by atoms with Crippen molar-refractivity contribution in [1.29, 1.82) is 0 Å². The van der Waals surface area contributed by atoms with Crippen molar-refractivity contribution in [1.82, 2.24) is 10.1 Å². The number of halogens is 2. The lowest BCUT2D eigenvalue weighted by Gasteiger charge is -2.34. The van der Waals surface area contributed by atoms with Crippen molar-refractivity contribution in [2.24, 2.45) is 5.73 Å². The maximum atomic E-state index is 13.2. The number of nitrogens with two attached hydrogens (primary N) is 1. The van der Waals surface area contributed by atoms with Gasteiger partial charge in [-0.1, -0.05) is 5.16 Å². The Hall–Kier alpha value is -1.50. The lowest BCUT2D eigenvalue weighted by molar-refractivity contribution is 0.229. The number of nitrogens with zero attached hydrogens (tertiary/aromatic N) is 2. The Kier molecular flexibility index (Phi) is 3.47. The molecule has 2 heterocycles. The minimum atomic E-state index is -0.426. The molecule has 4 nitrogen and oxygen atoms in total. The van der Waals surface area contributed by atoms with E-state index >= 15 is 0 Å². The lowest BCUT2D eigenvalue weighted by atomic mass is 9.77. The van der Waals surface area contributed by atoms with Crippen LogP contribution in [0.15, 0.2) is 28.8 Å². The second kappa shape index (κ2) is 5.05. The van der Waals surface area contributed by atoms with E-state index < -0.39 is 5.54 Å². The third-order valence-electron chi connectivity index (χ3n) is 3.81. The zero-order valence-corrected chi connectivity index (χ0v) is 12.6. The van der Waals surface area contributed by atoms with E-state index in [0.717, 1.165) is 34.2 Å². The van der Waals surface area contributed by atoms with Crippen LogP contribution in [0, 0.1) is 5.82 Å². The van der Waals surface area contributed by atoms with Gasteiger partial charge in [-0.3, -0.25) is 0 Å². The van der Waals surface area contributed by atoms with Crippen LogP contribution in [-0.2, 0) is 5.54 Å². The van der Waals surface area contributed by atoms with Crippen LogP contribution >= 0.6 is 23.7 Å². The molecule has 2 aromatic heterocycles. The Bertz CT molecular complexity index is 796. The van der Waals surface area contributed by atoms with Crippen LogP contribution in [0.4, 0.5) is 4.39 Å². The molecular weight excluding hydrogens is 313 g/mol. The summed E-state index contributed by atoms with van der Waals surface area (Å²) in [6, 6.07) is 6.57. The molecule has 0 saturated heterocycles. The molecule has 0 unspecified atom stereocenters. The molecule has 0 bridgehead atoms. The summed E-state index contributed by atoms with van der Waals surface area (Å²) < 4.78 is 19.5. The van der Waals surface area contributed by atoms with Crippen molar-refractivity contribution in [2.75, 3.05) is 0 Å². The zero-order valence-electron chi connectivity index (χ0n) is 11.0. The predicted octanol–water partition coefficient (Wildman–Crippen LogP) is 3.85. The van der Waals surface area contributed by atoms with E-state index in [2.05, 4.69) is 10.1 Å². The van der Waals surface area contributed by atoms with Gasteiger partial charge in [0.15, 0.2) is 5.82 Å². The topological polar surface area (TPSA) is 64.9 Å². The first-order valence-corrected chi connectivity index (χ1v) is 7.28. The number of rotatable bonds is 2. The van der Waals surface area contributed by atoms with Gasteiger partial charge < -0.3 is 10.3 Å². The molecule has 1 fully saturated rings. The van der Waals surface area contributed by atoms with E-state index in [1.165, 1.54) is 23.5 Å². The average Bonchev–Trinajstić information content (AvgIpc) is 3.01. The number of hydrogen-bond donors (Lipinski definition) is 1. The Balaban J connectivity index is 0.00000132. The Labute approximate surface area is 130 Å². The van der Waals surface area contributed by atoms with Gasteiger partial charge in [-0.25, -0.2) is 4.39 Å². The first-order chi connectivity index (χ1) is 9.64. The van der Waals surface area contributed by atoms with Crippen molar-refractivity contribution >= 4 is 33.8 Å². The summed E-state index contributed by atoms with van der Waals surface area (Å²) in [4.78, 5) is 5.25. The van der Waals surface area contributed by atoms with Crippen molar-refractivity contribution < 1.29 is 8.91 Å². The molecular formula is C14H13ClFN3OS. The molecule has 4 rings (SSSR count). The first-order valence-electron chi connectivity index (χ1n) is 6.47. The van der Waals surface area contributed by atoms with Crippen LogP contribution in [0.5, 0.6) is 0 Å². The number of aromatic nitrogens is 2. The van der Waals surface area contributed by atoms with E-state index in [-0.39, 0.29) is 18.2 Å². The smallest absolute Gasteiger partial charge is 0.268 e. The maximum Gasteiger partial charge on any atom is 0.268 e. The van der Waals surface area contributed by atoms with Gasteiger partial charge in [0.2, 0.25) is 0 Å². The summed E-state index contributed by atoms with van der Waals surface area (Å²) in [6.07, 6.45) is 2.88. The predicted molar refractivity (Wildman–Crippen MR) is 82.0 cm³/mol. The van der Waals surface area contributed by atoms with Gasteiger partial charge in [0.05, 0.1) is 10.4 Å². The number of thiophene rings is 1. The monoisotopic (exact) mass is 325 g/mol. The third-order valence-corrected chi connectivity index (χ3v) is 4.91. The van der Waals surface area contributed by atoms with Crippen molar-refractivity contribution in [3.8, 4) is 10.8 Å². The molecule has 0 aliphatic heterocycles. The minimum Gasteiger partial charge on any atom is -0.333 e. The van der Waals surface area contributed by atoms with Gasteiger partial charge in [-0.15, -0.1) is 23.7 Å². The normalized spacial score (nSPS) is 16.5. The first kappa shape index (κ1) is 14.4. The summed E-state index contributed by atoms with van der Waals surface area (Å²) in [7, 11) is 0. The molecule has 0 atom stereocenters. The Morgan fingerprint density at radius 1 is 1.29 bits per heavy atom. The van der Waals surface area contributed by atoms with Crippen LogP contribution in [-0.4, -0.2) is 10.1 Å². The Morgan fingerprint density at radius 3 is 2.81 bits per heavy atom. The summed E-state index contributed by atoms with van der Waals surface area (Å²) >= 11 is 1.50. The molecule has 2 N–H and O–H groups in total. The van der Waals surface area contributed by atoms with Crippen LogP contribution in [0.1, 0.15) is 25.1 Å². The zero-order chi connectivity index (χ0) is 13.7. The highest BCUT2D eigenvalue weighted by atomic mass is 35.5. The van der Waals surface area contributed by atoms with Gasteiger partial charge in [-0.05, 0) is 48.9 Å². The fourth-order valence-electron chi connectivity index (χ4n) is 2.43. The van der Waals surface area contributed by atoms with E-state index in [1.807, 2.05) is 6.07 Å². The quantitative estimate of drug-likeness (QED) is 0.777. The number of benzene rings is 1. The highest BCUT2D eigenvalue weighted by molar-refractivity contribution is 7.22. The summed E-state index contributed by atoms with van der Waals surface area (Å²) in [6.45, 7) is 0. The summed E-state index contributed by atoms with van der Waals surface area (Å²) in [5.41, 5.74) is 5.75. The van der Waals surface area contributed by atoms with E-state index in [9.17, 15) is 4.39 Å². The highest BCUT2D eigenvalue weighted by Gasteiger charge is 2.39. The van der Waals surface area contributed by atoms with Gasteiger partial charge in [0.1, 0.15) is 5.82 Å². The highest BCUT2D eigenvalue weighted by Crippen LogP contribution is 2.39. The van der Waals surface area contributed by atoms with Gasteiger partial charge in [0, 0.05) is 4.70 Å². The van der Waals surface area contributed by atoms with Crippen LogP contribution < -0.4 is 5.73 Å². The van der Waals surface area contributed by atoms with Crippen molar-refractivity contribution in [3.63, 3.8) is 0 Å². The SMILES string of the molecule is Cl.NC1(c2noc(-c3cc4cc(F)ccc4s3)n2)CCC1.